The summed E-state index contributed by atoms with van der Waals surface area (Å²) in [5.74, 6) is -1.18. The minimum absolute atomic E-state index is 0. The van der Waals surface area contributed by atoms with Crippen molar-refractivity contribution in [2.24, 2.45) is 0 Å². The molecule has 34 heavy (non-hydrogen) atoms. The summed E-state index contributed by atoms with van der Waals surface area (Å²) in [5, 5.41) is 23.3. The number of ether oxygens (including phenoxy) is 1. The Morgan fingerprint density at radius 2 is 1.74 bits per heavy atom. The summed E-state index contributed by atoms with van der Waals surface area (Å²) in [5.41, 5.74) is 1.43. The summed E-state index contributed by atoms with van der Waals surface area (Å²) in [6.07, 6.45) is -0.0507. The van der Waals surface area contributed by atoms with Crippen molar-refractivity contribution < 1.29 is 28.2 Å². The van der Waals surface area contributed by atoms with Crippen molar-refractivity contribution >= 4 is 57.0 Å². The average Bonchev–Trinajstić information content (AvgIpc) is 2.81. The van der Waals surface area contributed by atoms with Gasteiger partial charge in [-0.1, -0.05) is 35.9 Å². The molecule has 3 N–H and O–H groups in total. The van der Waals surface area contributed by atoms with Crippen LogP contribution in [-0.4, -0.2) is 74.4 Å². The van der Waals surface area contributed by atoms with Crippen molar-refractivity contribution in [3.8, 4) is 5.75 Å². The Balaban J connectivity index is 0.00000408. The standard InChI is InChI=1S/C24H24ClNO6S.Na.H/c1-32-23-10-9-20(14-21(23)24(28)29)33(30,31)19-7-5-16(6-8-19)11-12-26-15-22(27)17-3-2-4-18(25)13-17;;/h2-10,13-14,22,26-27H,11-12,15H2,1H3,(H,28,29);;/t22-;;/m1../s1. The zero-order valence-electron chi connectivity index (χ0n) is 17.9. The van der Waals surface area contributed by atoms with Gasteiger partial charge in [0.15, 0.2) is 0 Å². The maximum atomic E-state index is 12.9. The molecule has 10 heteroatoms. The Hall–Kier alpha value is -1.91. The number of carboxylic acid groups (broad SMARTS) is 1. The molecule has 0 heterocycles. The number of carbonyl (C=O) groups is 1. The number of aliphatic hydroxyl groups is 1. The van der Waals surface area contributed by atoms with Gasteiger partial charge in [0, 0.05) is 11.6 Å². The summed E-state index contributed by atoms with van der Waals surface area (Å²) in [7, 11) is -2.56. The zero-order valence-corrected chi connectivity index (χ0v) is 19.4. The molecule has 0 aliphatic carbocycles. The van der Waals surface area contributed by atoms with Crippen LogP contribution in [0, 0.1) is 0 Å². The van der Waals surface area contributed by atoms with Gasteiger partial charge in [-0.3, -0.25) is 0 Å². The third kappa shape index (κ3) is 7.05. The normalized spacial score (nSPS) is 12.0. The Bertz CT molecular complexity index is 1230. The SMILES string of the molecule is COc1ccc(S(=O)(=O)c2ccc(CCNC[C@@H](O)c3cccc(Cl)c3)cc2)cc1C(=O)O.[NaH]. The first-order valence-electron chi connectivity index (χ1n) is 10.1. The summed E-state index contributed by atoms with van der Waals surface area (Å²) in [6, 6.07) is 17.2. The molecule has 0 bridgehead atoms. The molecule has 0 spiro atoms. The van der Waals surface area contributed by atoms with E-state index in [1.165, 1.54) is 31.4 Å². The Labute approximate surface area is 225 Å². The van der Waals surface area contributed by atoms with Gasteiger partial charge in [0.25, 0.3) is 0 Å². The van der Waals surface area contributed by atoms with Gasteiger partial charge in [-0.05, 0) is 66.6 Å². The average molecular weight is 514 g/mol. The first-order valence-corrected chi connectivity index (χ1v) is 12.0. The summed E-state index contributed by atoms with van der Waals surface area (Å²) >= 11 is 5.94. The molecule has 0 unspecified atom stereocenters. The number of aliphatic hydroxyl groups excluding tert-OH is 1. The number of hydrogen-bond acceptors (Lipinski definition) is 6. The van der Waals surface area contributed by atoms with Crippen LogP contribution in [0.5, 0.6) is 5.75 Å². The van der Waals surface area contributed by atoms with Crippen molar-refractivity contribution in [2.45, 2.75) is 22.3 Å². The fraction of sp³-hybridized carbons (Fsp3) is 0.208. The van der Waals surface area contributed by atoms with E-state index in [1.807, 2.05) is 0 Å². The van der Waals surface area contributed by atoms with Gasteiger partial charge in [-0.2, -0.15) is 0 Å². The van der Waals surface area contributed by atoms with Crippen LogP contribution >= 0.6 is 11.6 Å². The molecular weight excluding hydrogens is 489 g/mol. The second-order valence-electron chi connectivity index (χ2n) is 7.34. The van der Waals surface area contributed by atoms with Crippen molar-refractivity contribution in [1.82, 2.24) is 5.32 Å². The number of rotatable bonds is 10. The Morgan fingerprint density at radius 3 is 2.35 bits per heavy atom. The Kier molecular flexibility index (Phi) is 10.6. The second kappa shape index (κ2) is 12.7. The molecule has 0 fully saturated rings. The molecule has 0 saturated heterocycles. The number of aromatic carboxylic acids is 1. The van der Waals surface area contributed by atoms with Crippen LogP contribution in [0.4, 0.5) is 0 Å². The number of nitrogens with one attached hydrogen (secondary N) is 1. The van der Waals surface area contributed by atoms with Gasteiger partial charge >= 0.3 is 35.5 Å². The molecule has 0 aliphatic heterocycles. The van der Waals surface area contributed by atoms with Crippen LogP contribution in [0.3, 0.4) is 0 Å². The van der Waals surface area contributed by atoms with E-state index in [0.29, 0.717) is 24.5 Å². The first-order chi connectivity index (χ1) is 15.7. The van der Waals surface area contributed by atoms with E-state index in [4.69, 9.17) is 16.3 Å². The van der Waals surface area contributed by atoms with Crippen LogP contribution in [0.15, 0.2) is 76.5 Å². The van der Waals surface area contributed by atoms with Crippen LogP contribution < -0.4 is 10.1 Å². The summed E-state index contributed by atoms with van der Waals surface area (Å²) < 4.78 is 30.8. The molecule has 3 rings (SSSR count). The van der Waals surface area contributed by atoms with Gasteiger partial charge in [0.2, 0.25) is 9.84 Å². The zero-order chi connectivity index (χ0) is 24.0. The number of benzene rings is 3. The van der Waals surface area contributed by atoms with Crippen LogP contribution in [0.1, 0.15) is 27.6 Å². The van der Waals surface area contributed by atoms with Crippen LogP contribution in [-0.2, 0) is 16.3 Å². The van der Waals surface area contributed by atoms with Gasteiger partial charge < -0.3 is 20.3 Å². The molecule has 7 nitrogen and oxygen atoms in total. The minimum atomic E-state index is -3.89. The molecule has 176 valence electrons. The maximum absolute atomic E-state index is 12.9. The fourth-order valence-electron chi connectivity index (χ4n) is 3.30. The number of methoxy groups -OCH3 is 1. The van der Waals surface area contributed by atoms with Crippen molar-refractivity contribution in [3.63, 3.8) is 0 Å². The van der Waals surface area contributed by atoms with Crippen molar-refractivity contribution in [2.75, 3.05) is 20.2 Å². The third-order valence-corrected chi connectivity index (χ3v) is 7.11. The monoisotopic (exact) mass is 513 g/mol. The molecule has 3 aromatic rings. The van der Waals surface area contributed by atoms with Crippen molar-refractivity contribution in [3.05, 3.63) is 88.4 Å². The van der Waals surface area contributed by atoms with E-state index < -0.39 is 21.9 Å². The predicted octanol–water partition coefficient (Wildman–Crippen LogP) is 3.10. The quantitative estimate of drug-likeness (QED) is 0.282. The number of carboxylic acids is 1. The van der Waals surface area contributed by atoms with Gasteiger partial charge in [0.05, 0.1) is 23.0 Å². The summed E-state index contributed by atoms with van der Waals surface area (Å²) in [6.45, 7) is 0.945. The Morgan fingerprint density at radius 1 is 1.06 bits per heavy atom. The second-order valence-corrected chi connectivity index (χ2v) is 9.73. The number of halogens is 1. The molecular formula is C24H25ClNNaO6S. The van der Waals surface area contributed by atoms with Gasteiger partial charge in [-0.25, -0.2) is 13.2 Å². The molecule has 0 aromatic heterocycles. The van der Waals surface area contributed by atoms with E-state index in [-0.39, 0.29) is 50.7 Å². The van der Waals surface area contributed by atoms with Gasteiger partial charge in [-0.15, -0.1) is 0 Å². The molecule has 3 aromatic carbocycles. The van der Waals surface area contributed by atoms with E-state index in [9.17, 15) is 23.4 Å². The molecule has 0 saturated carbocycles. The molecule has 0 aliphatic rings. The van der Waals surface area contributed by atoms with E-state index in [1.54, 1.807) is 36.4 Å². The van der Waals surface area contributed by atoms with E-state index in [0.717, 1.165) is 17.2 Å². The molecule has 0 radical (unpaired) electrons. The third-order valence-electron chi connectivity index (χ3n) is 5.11. The van der Waals surface area contributed by atoms with Gasteiger partial charge in [0.1, 0.15) is 11.3 Å². The van der Waals surface area contributed by atoms with Crippen molar-refractivity contribution in [1.29, 1.82) is 0 Å². The number of hydrogen-bond donors (Lipinski definition) is 3. The number of sulfone groups is 1. The fourth-order valence-corrected chi connectivity index (χ4v) is 4.78. The topological polar surface area (TPSA) is 113 Å². The predicted molar refractivity (Wildman–Crippen MR) is 132 cm³/mol. The van der Waals surface area contributed by atoms with E-state index >= 15 is 0 Å². The van der Waals surface area contributed by atoms with Crippen LogP contribution in [0.2, 0.25) is 5.02 Å². The molecule has 1 atom stereocenters. The van der Waals surface area contributed by atoms with Crippen LogP contribution in [0.25, 0.3) is 0 Å². The van der Waals surface area contributed by atoms with E-state index in [2.05, 4.69) is 5.32 Å². The molecule has 0 amide bonds. The first kappa shape index (κ1) is 28.3. The summed E-state index contributed by atoms with van der Waals surface area (Å²) in [4.78, 5) is 11.3.